The lowest BCUT2D eigenvalue weighted by Crippen LogP contribution is -2.49. The fourth-order valence-corrected chi connectivity index (χ4v) is 3.26. The van der Waals surface area contributed by atoms with Crippen molar-refractivity contribution in [3.63, 3.8) is 0 Å². The molecular formula is C21H19F2N5O. The molecule has 0 spiro atoms. The van der Waals surface area contributed by atoms with Crippen LogP contribution < -0.4 is 10.2 Å². The molecule has 0 aliphatic carbocycles. The normalized spacial score (nSPS) is 14.0. The maximum atomic E-state index is 13.8. The van der Waals surface area contributed by atoms with E-state index in [0.29, 0.717) is 26.2 Å². The highest BCUT2D eigenvalue weighted by Crippen LogP contribution is 2.22. The van der Waals surface area contributed by atoms with Crippen molar-refractivity contribution in [2.24, 2.45) is 0 Å². The van der Waals surface area contributed by atoms with E-state index in [1.165, 1.54) is 18.5 Å². The zero-order valence-electron chi connectivity index (χ0n) is 15.6. The third-order valence-corrected chi connectivity index (χ3v) is 4.79. The molecule has 0 radical (unpaired) electrons. The highest BCUT2D eigenvalue weighted by Gasteiger charge is 2.23. The molecule has 1 amide bonds. The van der Waals surface area contributed by atoms with Gasteiger partial charge in [0.2, 0.25) is 0 Å². The van der Waals surface area contributed by atoms with Crippen molar-refractivity contribution in [2.45, 2.75) is 0 Å². The molecule has 3 aromatic rings. The van der Waals surface area contributed by atoms with Gasteiger partial charge >= 0.3 is 0 Å². The van der Waals surface area contributed by atoms with Gasteiger partial charge in [0.05, 0.1) is 0 Å². The maximum absolute atomic E-state index is 13.8. The molecule has 8 heteroatoms. The average molecular weight is 395 g/mol. The number of hydrogen-bond donors (Lipinski definition) is 1. The number of benzene rings is 2. The maximum Gasteiger partial charge on any atom is 0.272 e. The van der Waals surface area contributed by atoms with E-state index in [2.05, 4.69) is 20.2 Å². The minimum atomic E-state index is -0.742. The fraction of sp³-hybridized carbons (Fsp3) is 0.190. The zero-order valence-corrected chi connectivity index (χ0v) is 15.6. The molecule has 1 aliphatic heterocycles. The van der Waals surface area contributed by atoms with E-state index in [1.807, 2.05) is 30.3 Å². The second kappa shape index (κ2) is 8.22. The standard InChI is InChI=1S/C21H19F2N5O/c22-16-7-4-8-17(23)20(16)26-19-13-18(24-14-25-19)21(29)28-11-9-27(10-12-28)15-5-2-1-3-6-15/h1-8,13-14H,9-12H2,(H,24,25,26). The van der Waals surface area contributed by atoms with E-state index < -0.39 is 11.6 Å². The summed E-state index contributed by atoms with van der Waals surface area (Å²) in [6, 6.07) is 15.0. The Morgan fingerprint density at radius 3 is 2.28 bits per heavy atom. The highest BCUT2D eigenvalue weighted by atomic mass is 19.1. The Hall–Kier alpha value is -3.55. The number of carbonyl (C=O) groups is 1. The van der Waals surface area contributed by atoms with Gasteiger partial charge in [0.15, 0.2) is 0 Å². The van der Waals surface area contributed by atoms with Crippen LogP contribution in [0.15, 0.2) is 60.9 Å². The highest BCUT2D eigenvalue weighted by molar-refractivity contribution is 5.93. The van der Waals surface area contributed by atoms with Gasteiger partial charge in [-0.2, -0.15) is 0 Å². The van der Waals surface area contributed by atoms with E-state index in [0.717, 1.165) is 17.8 Å². The van der Waals surface area contributed by atoms with Gasteiger partial charge in [-0.15, -0.1) is 0 Å². The molecule has 29 heavy (non-hydrogen) atoms. The summed E-state index contributed by atoms with van der Waals surface area (Å²) in [5.41, 5.74) is 0.980. The van der Waals surface area contributed by atoms with Crippen molar-refractivity contribution < 1.29 is 13.6 Å². The quantitative estimate of drug-likeness (QED) is 0.733. The Labute approximate surface area is 166 Å². The van der Waals surface area contributed by atoms with Gasteiger partial charge in [-0.25, -0.2) is 18.7 Å². The SMILES string of the molecule is O=C(c1cc(Nc2c(F)cccc2F)ncn1)N1CCN(c2ccccc2)CC1. The van der Waals surface area contributed by atoms with E-state index in [1.54, 1.807) is 4.90 Å². The first-order valence-electron chi connectivity index (χ1n) is 9.24. The number of amides is 1. The van der Waals surface area contributed by atoms with Crippen LogP contribution in [0.25, 0.3) is 0 Å². The van der Waals surface area contributed by atoms with Crippen molar-refractivity contribution >= 4 is 23.1 Å². The van der Waals surface area contributed by atoms with Crippen molar-refractivity contribution in [3.05, 3.63) is 78.3 Å². The number of aromatic nitrogens is 2. The molecule has 1 N–H and O–H groups in total. The van der Waals surface area contributed by atoms with Gasteiger partial charge in [0.1, 0.15) is 35.2 Å². The van der Waals surface area contributed by atoms with Gasteiger partial charge in [-0.1, -0.05) is 24.3 Å². The van der Waals surface area contributed by atoms with Crippen LogP contribution in [0.4, 0.5) is 26.0 Å². The van der Waals surface area contributed by atoms with E-state index in [9.17, 15) is 13.6 Å². The first-order valence-corrected chi connectivity index (χ1v) is 9.24. The fourth-order valence-electron chi connectivity index (χ4n) is 3.26. The summed E-state index contributed by atoms with van der Waals surface area (Å²) >= 11 is 0. The summed E-state index contributed by atoms with van der Waals surface area (Å²) in [5.74, 6) is -1.57. The number of hydrogen-bond acceptors (Lipinski definition) is 5. The number of piperazine rings is 1. The summed E-state index contributed by atoms with van der Waals surface area (Å²) in [6.45, 7) is 2.55. The predicted octanol–water partition coefficient (Wildman–Crippen LogP) is 3.46. The molecule has 4 rings (SSSR count). The molecule has 6 nitrogen and oxygen atoms in total. The molecule has 0 bridgehead atoms. The molecule has 2 aromatic carbocycles. The lowest BCUT2D eigenvalue weighted by Gasteiger charge is -2.36. The summed E-state index contributed by atoms with van der Waals surface area (Å²) in [5, 5.41) is 2.59. The second-order valence-electron chi connectivity index (χ2n) is 6.62. The lowest BCUT2D eigenvalue weighted by atomic mass is 10.2. The summed E-state index contributed by atoms with van der Waals surface area (Å²) in [7, 11) is 0. The third-order valence-electron chi connectivity index (χ3n) is 4.79. The van der Waals surface area contributed by atoms with Gasteiger partial charge < -0.3 is 15.1 Å². The van der Waals surface area contributed by atoms with Crippen LogP contribution in [0.5, 0.6) is 0 Å². The molecule has 0 atom stereocenters. The Bertz CT molecular complexity index is 987. The molecule has 1 fully saturated rings. The van der Waals surface area contributed by atoms with Gasteiger partial charge in [0.25, 0.3) is 5.91 Å². The molecule has 0 saturated carbocycles. The predicted molar refractivity (Wildman–Crippen MR) is 106 cm³/mol. The minimum Gasteiger partial charge on any atom is -0.368 e. The Morgan fingerprint density at radius 1 is 0.897 bits per heavy atom. The van der Waals surface area contributed by atoms with E-state index >= 15 is 0 Å². The van der Waals surface area contributed by atoms with Crippen LogP contribution in [-0.4, -0.2) is 47.0 Å². The van der Waals surface area contributed by atoms with Gasteiger partial charge in [-0.3, -0.25) is 4.79 Å². The largest absolute Gasteiger partial charge is 0.368 e. The number of para-hydroxylation sites is 2. The van der Waals surface area contributed by atoms with Crippen LogP contribution in [0.3, 0.4) is 0 Å². The van der Waals surface area contributed by atoms with Gasteiger partial charge in [0, 0.05) is 37.9 Å². The number of carbonyl (C=O) groups excluding carboxylic acids is 1. The molecule has 0 unspecified atom stereocenters. The average Bonchev–Trinajstić information content (AvgIpc) is 2.77. The third kappa shape index (κ3) is 4.16. The second-order valence-corrected chi connectivity index (χ2v) is 6.62. The number of nitrogens with one attached hydrogen (secondary N) is 1. The summed E-state index contributed by atoms with van der Waals surface area (Å²) < 4.78 is 27.7. The summed E-state index contributed by atoms with van der Waals surface area (Å²) in [6.07, 6.45) is 1.20. The number of rotatable bonds is 4. The topological polar surface area (TPSA) is 61.4 Å². The van der Waals surface area contributed by atoms with Crippen LogP contribution in [0, 0.1) is 11.6 Å². The minimum absolute atomic E-state index is 0.148. The van der Waals surface area contributed by atoms with Crippen molar-refractivity contribution in [1.29, 1.82) is 0 Å². The Morgan fingerprint density at radius 2 is 1.59 bits per heavy atom. The number of halogens is 2. The molecule has 1 saturated heterocycles. The van der Waals surface area contributed by atoms with Crippen LogP contribution in [-0.2, 0) is 0 Å². The van der Waals surface area contributed by atoms with Crippen LogP contribution in [0.1, 0.15) is 10.5 Å². The number of anilines is 3. The first kappa shape index (κ1) is 18.8. The van der Waals surface area contributed by atoms with E-state index in [-0.39, 0.29) is 23.1 Å². The molecule has 148 valence electrons. The molecule has 1 aromatic heterocycles. The first-order chi connectivity index (χ1) is 14.1. The smallest absolute Gasteiger partial charge is 0.272 e. The zero-order chi connectivity index (χ0) is 20.2. The molecular weight excluding hydrogens is 376 g/mol. The molecule has 1 aliphatic rings. The van der Waals surface area contributed by atoms with Crippen LogP contribution in [0.2, 0.25) is 0 Å². The Kier molecular flexibility index (Phi) is 5.33. The molecule has 2 heterocycles. The van der Waals surface area contributed by atoms with Gasteiger partial charge in [-0.05, 0) is 24.3 Å². The van der Waals surface area contributed by atoms with Crippen molar-refractivity contribution in [1.82, 2.24) is 14.9 Å². The monoisotopic (exact) mass is 395 g/mol. The lowest BCUT2D eigenvalue weighted by molar-refractivity contribution is 0.0740. The van der Waals surface area contributed by atoms with Crippen molar-refractivity contribution in [3.8, 4) is 0 Å². The van der Waals surface area contributed by atoms with E-state index in [4.69, 9.17) is 0 Å². The number of nitrogens with zero attached hydrogens (tertiary/aromatic N) is 4. The Balaban J connectivity index is 1.44. The summed E-state index contributed by atoms with van der Waals surface area (Å²) in [4.78, 5) is 24.8. The van der Waals surface area contributed by atoms with Crippen LogP contribution >= 0.6 is 0 Å². The van der Waals surface area contributed by atoms with Crippen molar-refractivity contribution in [2.75, 3.05) is 36.4 Å².